The normalized spacial score (nSPS) is 11.6. The number of rotatable bonds is 6. The van der Waals surface area contributed by atoms with Gasteiger partial charge in [-0.2, -0.15) is 0 Å². The second-order valence-electron chi connectivity index (χ2n) is 14.1. The van der Waals surface area contributed by atoms with Gasteiger partial charge >= 0.3 is 0 Å². The number of benzene rings is 9. The molecule has 0 atom stereocenters. The first kappa shape index (κ1) is 31.2. The predicted molar refractivity (Wildman–Crippen MR) is 229 cm³/mol. The van der Waals surface area contributed by atoms with Crippen molar-refractivity contribution in [2.75, 3.05) is 4.90 Å². The maximum absolute atomic E-state index is 6.24. The lowest BCUT2D eigenvalue weighted by Gasteiger charge is -2.28. The molecule has 3 nitrogen and oxygen atoms in total. The quantitative estimate of drug-likeness (QED) is 0.173. The van der Waals surface area contributed by atoms with Crippen molar-refractivity contribution >= 4 is 71.7 Å². The van der Waals surface area contributed by atoms with Crippen LogP contribution in [0, 0.1) is 0 Å². The molecular formula is C52H33NO2. The van der Waals surface area contributed by atoms with Crippen molar-refractivity contribution in [3.8, 4) is 33.4 Å². The monoisotopic (exact) mass is 703 g/mol. The van der Waals surface area contributed by atoms with Crippen LogP contribution in [0.5, 0.6) is 0 Å². The Labute approximate surface area is 317 Å². The zero-order valence-electron chi connectivity index (χ0n) is 29.8. The van der Waals surface area contributed by atoms with Crippen molar-refractivity contribution < 1.29 is 8.83 Å². The molecule has 11 aromatic rings. The molecule has 55 heavy (non-hydrogen) atoms. The van der Waals surface area contributed by atoms with Crippen LogP contribution in [-0.4, -0.2) is 0 Å². The van der Waals surface area contributed by atoms with E-state index in [0.29, 0.717) is 0 Å². The number of fused-ring (bicyclic) bond motifs is 7. The van der Waals surface area contributed by atoms with Crippen LogP contribution in [0.3, 0.4) is 0 Å². The van der Waals surface area contributed by atoms with Gasteiger partial charge in [0.15, 0.2) is 0 Å². The fourth-order valence-corrected chi connectivity index (χ4v) is 8.31. The van der Waals surface area contributed by atoms with Gasteiger partial charge in [-0.15, -0.1) is 0 Å². The summed E-state index contributed by atoms with van der Waals surface area (Å²) in [6.45, 7) is 0. The van der Waals surface area contributed by atoms with Crippen molar-refractivity contribution in [1.82, 2.24) is 0 Å². The van der Waals surface area contributed by atoms with Gasteiger partial charge in [0.1, 0.15) is 22.3 Å². The number of nitrogens with zero attached hydrogens (tertiary/aromatic N) is 1. The highest BCUT2D eigenvalue weighted by Gasteiger charge is 2.20. The third-order valence-corrected chi connectivity index (χ3v) is 10.9. The summed E-state index contributed by atoms with van der Waals surface area (Å²) in [4.78, 5) is 2.37. The first-order valence-corrected chi connectivity index (χ1v) is 18.7. The summed E-state index contributed by atoms with van der Waals surface area (Å²) in [6, 6.07) is 71.1. The molecule has 258 valence electrons. The van der Waals surface area contributed by atoms with E-state index in [4.69, 9.17) is 8.83 Å². The van der Waals surface area contributed by atoms with Gasteiger partial charge in [0, 0.05) is 38.5 Å². The molecule has 9 aromatic carbocycles. The molecule has 0 bridgehead atoms. The minimum Gasteiger partial charge on any atom is -0.456 e. The molecular weight excluding hydrogens is 671 g/mol. The maximum atomic E-state index is 6.24. The molecule has 0 spiro atoms. The lowest BCUT2D eigenvalue weighted by atomic mass is 9.97. The number of hydrogen-bond acceptors (Lipinski definition) is 3. The summed E-state index contributed by atoms with van der Waals surface area (Å²) in [5, 5.41) is 6.98. The highest BCUT2D eigenvalue weighted by atomic mass is 16.3. The number of furan rings is 2. The summed E-state index contributed by atoms with van der Waals surface area (Å²) < 4.78 is 12.5. The minimum absolute atomic E-state index is 0.888. The van der Waals surface area contributed by atoms with Crippen LogP contribution in [0.2, 0.25) is 0 Å². The van der Waals surface area contributed by atoms with Crippen LogP contribution in [0.25, 0.3) is 88.0 Å². The van der Waals surface area contributed by atoms with Crippen LogP contribution in [0.4, 0.5) is 17.1 Å². The molecule has 0 aliphatic carbocycles. The fourth-order valence-electron chi connectivity index (χ4n) is 8.31. The van der Waals surface area contributed by atoms with Crippen molar-refractivity contribution in [1.29, 1.82) is 0 Å². The highest BCUT2D eigenvalue weighted by Crippen LogP contribution is 2.44. The Kier molecular flexibility index (Phi) is 7.17. The molecule has 0 N–H and O–H groups in total. The van der Waals surface area contributed by atoms with Crippen molar-refractivity contribution in [3.05, 3.63) is 200 Å². The summed E-state index contributed by atoms with van der Waals surface area (Å²) in [7, 11) is 0. The summed E-state index contributed by atoms with van der Waals surface area (Å²) in [5.74, 6) is 0. The molecule has 2 heterocycles. The first-order chi connectivity index (χ1) is 27.3. The summed E-state index contributed by atoms with van der Waals surface area (Å²) in [6.07, 6.45) is 0. The second-order valence-corrected chi connectivity index (χ2v) is 14.1. The van der Waals surface area contributed by atoms with Crippen molar-refractivity contribution in [3.63, 3.8) is 0 Å². The van der Waals surface area contributed by atoms with E-state index in [1.54, 1.807) is 0 Å². The van der Waals surface area contributed by atoms with Crippen LogP contribution in [0.15, 0.2) is 209 Å². The number of anilines is 3. The Bertz CT molecular complexity index is 3200. The van der Waals surface area contributed by atoms with E-state index in [9.17, 15) is 0 Å². The van der Waals surface area contributed by atoms with Crippen LogP contribution < -0.4 is 4.90 Å². The first-order valence-electron chi connectivity index (χ1n) is 18.7. The standard InChI is InChI=1S/C52H33NO2/c1-2-13-40-34(11-1)12-9-17-41(40)35-23-28-38(29-24-35)53(39-30-25-36(26-31-39)43-18-10-22-51-52(43)45-16-5-8-21-49(45)55-51)47-19-6-3-14-42(47)37-27-32-50-46(33-37)44-15-4-7-20-48(44)54-50/h1-33H. The van der Waals surface area contributed by atoms with Gasteiger partial charge in [0.25, 0.3) is 0 Å². The van der Waals surface area contributed by atoms with Gasteiger partial charge < -0.3 is 13.7 Å². The second kappa shape index (κ2) is 12.6. The molecule has 0 aliphatic heterocycles. The fraction of sp³-hybridized carbons (Fsp3) is 0. The zero-order chi connectivity index (χ0) is 36.3. The van der Waals surface area contributed by atoms with Gasteiger partial charge in [-0.3, -0.25) is 0 Å². The molecule has 11 rings (SSSR count). The number of para-hydroxylation sites is 3. The van der Waals surface area contributed by atoms with Crippen molar-refractivity contribution in [2.45, 2.75) is 0 Å². The Morgan fingerprint density at radius 2 is 0.818 bits per heavy atom. The lowest BCUT2D eigenvalue weighted by molar-refractivity contribution is 0.668. The molecule has 0 fully saturated rings. The topological polar surface area (TPSA) is 29.5 Å². The molecule has 0 aliphatic rings. The van der Waals surface area contributed by atoms with Crippen LogP contribution in [0.1, 0.15) is 0 Å². The third kappa shape index (κ3) is 5.20. The third-order valence-electron chi connectivity index (χ3n) is 10.9. The molecule has 2 aromatic heterocycles. The van der Waals surface area contributed by atoms with E-state index in [2.05, 4.69) is 181 Å². The molecule has 3 heteroatoms. The highest BCUT2D eigenvalue weighted by molar-refractivity contribution is 6.12. The molecule has 0 unspecified atom stereocenters. The van der Waals surface area contributed by atoms with Crippen LogP contribution >= 0.6 is 0 Å². The van der Waals surface area contributed by atoms with Gasteiger partial charge in [-0.25, -0.2) is 0 Å². The van der Waals surface area contributed by atoms with Crippen LogP contribution in [-0.2, 0) is 0 Å². The Morgan fingerprint density at radius 3 is 1.62 bits per heavy atom. The molecule has 0 radical (unpaired) electrons. The van der Waals surface area contributed by atoms with Crippen molar-refractivity contribution in [2.24, 2.45) is 0 Å². The predicted octanol–water partition coefficient (Wildman–Crippen LogP) is 15.1. The van der Waals surface area contributed by atoms with E-state index in [-0.39, 0.29) is 0 Å². The van der Waals surface area contributed by atoms with Gasteiger partial charge in [0.2, 0.25) is 0 Å². The molecule has 0 amide bonds. The van der Waals surface area contributed by atoms with E-state index in [1.165, 1.54) is 21.9 Å². The van der Waals surface area contributed by atoms with Gasteiger partial charge in [-0.1, -0.05) is 140 Å². The maximum Gasteiger partial charge on any atom is 0.136 e. The Morgan fingerprint density at radius 1 is 0.309 bits per heavy atom. The smallest absolute Gasteiger partial charge is 0.136 e. The summed E-state index contributed by atoms with van der Waals surface area (Å²) in [5.41, 5.74) is 13.8. The largest absolute Gasteiger partial charge is 0.456 e. The SMILES string of the molecule is c1ccc(N(c2ccc(-c3cccc4ccccc34)cc2)c2ccc(-c3cccc4oc5ccccc5c34)cc2)c(-c2ccc3oc4ccccc4c3c2)c1. The molecule has 0 saturated carbocycles. The van der Waals surface area contributed by atoms with E-state index in [1.807, 2.05) is 24.3 Å². The lowest BCUT2D eigenvalue weighted by Crippen LogP contribution is -2.11. The average Bonchev–Trinajstić information content (AvgIpc) is 3.83. The number of hydrogen-bond donors (Lipinski definition) is 0. The van der Waals surface area contributed by atoms with E-state index in [0.717, 1.165) is 83.2 Å². The molecule has 0 saturated heterocycles. The van der Waals surface area contributed by atoms with Gasteiger partial charge in [-0.05, 0) is 99.3 Å². The zero-order valence-corrected chi connectivity index (χ0v) is 29.8. The Balaban J connectivity index is 1.07. The minimum atomic E-state index is 0.888. The van der Waals surface area contributed by atoms with E-state index < -0.39 is 0 Å². The van der Waals surface area contributed by atoms with E-state index >= 15 is 0 Å². The Hall–Kier alpha value is -7.36. The van der Waals surface area contributed by atoms with Gasteiger partial charge in [0.05, 0.1) is 5.69 Å². The average molecular weight is 704 g/mol. The summed E-state index contributed by atoms with van der Waals surface area (Å²) >= 11 is 0.